The van der Waals surface area contributed by atoms with E-state index in [0.717, 1.165) is 28.0 Å². The SMILES string of the molecule is C=CCc1cc(C=c2sc3n(c2=O)C(c2ccc(C)cc2)C(C(=O)OCC)=C(C)N=3)ccc1OCC. The van der Waals surface area contributed by atoms with Crippen LogP contribution in [0.2, 0.25) is 0 Å². The lowest BCUT2D eigenvalue weighted by Crippen LogP contribution is -2.39. The normalized spacial score (nSPS) is 15.3. The predicted octanol–water partition coefficient (Wildman–Crippen LogP) is 4.23. The maximum atomic E-state index is 13.7. The van der Waals surface area contributed by atoms with Crippen LogP contribution >= 0.6 is 11.3 Å². The van der Waals surface area contributed by atoms with Gasteiger partial charge in [0, 0.05) is 0 Å². The Morgan fingerprint density at radius 3 is 2.56 bits per heavy atom. The maximum Gasteiger partial charge on any atom is 0.338 e. The number of benzene rings is 2. The molecule has 0 N–H and O–H groups in total. The number of carbonyl (C=O) groups excluding carboxylic acids is 1. The van der Waals surface area contributed by atoms with E-state index < -0.39 is 12.0 Å². The van der Waals surface area contributed by atoms with Gasteiger partial charge in [0.05, 0.1) is 35.1 Å². The minimum Gasteiger partial charge on any atom is -0.494 e. The third kappa shape index (κ3) is 4.97. The quantitative estimate of drug-likeness (QED) is 0.341. The van der Waals surface area contributed by atoms with Crippen LogP contribution in [0.3, 0.4) is 0 Å². The molecule has 0 aliphatic carbocycles. The van der Waals surface area contributed by atoms with Crippen molar-refractivity contribution in [3.63, 3.8) is 0 Å². The van der Waals surface area contributed by atoms with Gasteiger partial charge in [-0.3, -0.25) is 9.36 Å². The molecule has 1 unspecified atom stereocenters. The van der Waals surface area contributed by atoms with Gasteiger partial charge in [-0.05, 0) is 69.0 Å². The lowest BCUT2D eigenvalue weighted by molar-refractivity contribution is -0.139. The summed E-state index contributed by atoms with van der Waals surface area (Å²) in [6.45, 7) is 12.2. The second-order valence-corrected chi connectivity index (χ2v) is 9.52. The molecule has 186 valence electrons. The second kappa shape index (κ2) is 10.9. The van der Waals surface area contributed by atoms with Crippen LogP contribution in [0.1, 0.15) is 49.1 Å². The van der Waals surface area contributed by atoms with Crippen LogP contribution in [0.5, 0.6) is 5.75 Å². The van der Waals surface area contributed by atoms with E-state index in [1.807, 2.05) is 68.5 Å². The summed E-state index contributed by atoms with van der Waals surface area (Å²) in [7, 11) is 0. The van der Waals surface area contributed by atoms with E-state index >= 15 is 0 Å². The van der Waals surface area contributed by atoms with Gasteiger partial charge in [-0.2, -0.15) is 0 Å². The Morgan fingerprint density at radius 2 is 1.89 bits per heavy atom. The predicted molar refractivity (Wildman–Crippen MR) is 143 cm³/mol. The van der Waals surface area contributed by atoms with Crippen molar-refractivity contribution in [2.24, 2.45) is 4.99 Å². The fourth-order valence-electron chi connectivity index (χ4n) is 4.31. The highest BCUT2D eigenvalue weighted by atomic mass is 32.1. The van der Waals surface area contributed by atoms with Crippen LogP contribution in [0.4, 0.5) is 0 Å². The third-order valence-electron chi connectivity index (χ3n) is 5.96. The van der Waals surface area contributed by atoms with E-state index in [-0.39, 0.29) is 12.2 Å². The van der Waals surface area contributed by atoms with Crippen LogP contribution in [0.15, 0.2) is 76.2 Å². The smallest absolute Gasteiger partial charge is 0.338 e. The molecule has 0 spiro atoms. The molecule has 0 radical (unpaired) electrons. The van der Waals surface area contributed by atoms with E-state index in [4.69, 9.17) is 9.47 Å². The minimum atomic E-state index is -0.611. The van der Waals surface area contributed by atoms with Crippen LogP contribution in [-0.2, 0) is 16.0 Å². The number of allylic oxidation sites excluding steroid dienone is 2. The standard InChI is InChI=1S/C29H30N2O4S/c1-6-9-22-16-20(12-15-23(22)34-7-2)17-24-27(32)31-26(21-13-10-18(4)11-14-21)25(28(33)35-8-3)19(5)30-29(31)36-24/h6,10-17,26H,1,7-9H2,2-5H3. The summed E-state index contributed by atoms with van der Waals surface area (Å²) in [5.41, 5.74) is 4.56. The molecule has 1 aliphatic heterocycles. The number of ether oxygens (including phenoxy) is 2. The first-order valence-electron chi connectivity index (χ1n) is 12.0. The van der Waals surface area contributed by atoms with Gasteiger partial charge in [0.2, 0.25) is 0 Å². The fraction of sp³-hybridized carbons (Fsp3) is 0.276. The van der Waals surface area contributed by atoms with Crippen molar-refractivity contribution in [1.82, 2.24) is 4.57 Å². The Bertz CT molecular complexity index is 1510. The number of fused-ring (bicyclic) bond motifs is 1. The molecule has 36 heavy (non-hydrogen) atoms. The minimum absolute atomic E-state index is 0.197. The Hall–Kier alpha value is -3.71. The van der Waals surface area contributed by atoms with E-state index in [2.05, 4.69) is 11.6 Å². The number of esters is 1. The summed E-state index contributed by atoms with van der Waals surface area (Å²) in [5.74, 6) is 0.351. The maximum absolute atomic E-state index is 13.7. The molecule has 0 fully saturated rings. The zero-order valence-corrected chi connectivity index (χ0v) is 21.9. The number of hydrogen-bond acceptors (Lipinski definition) is 6. The molecule has 0 bridgehead atoms. The molecule has 1 aliphatic rings. The van der Waals surface area contributed by atoms with Gasteiger partial charge < -0.3 is 9.47 Å². The van der Waals surface area contributed by atoms with Crippen LogP contribution in [-0.4, -0.2) is 23.8 Å². The molecule has 4 rings (SSSR count). The van der Waals surface area contributed by atoms with E-state index in [9.17, 15) is 9.59 Å². The lowest BCUT2D eigenvalue weighted by atomic mass is 9.95. The molecule has 0 amide bonds. The summed E-state index contributed by atoms with van der Waals surface area (Å²) < 4.78 is 13.2. The number of thiazole rings is 1. The summed E-state index contributed by atoms with van der Waals surface area (Å²) in [6.07, 6.45) is 4.35. The van der Waals surface area contributed by atoms with E-state index in [1.54, 1.807) is 18.4 Å². The monoisotopic (exact) mass is 502 g/mol. The number of hydrogen-bond donors (Lipinski definition) is 0. The van der Waals surface area contributed by atoms with Crippen molar-refractivity contribution >= 4 is 23.4 Å². The molecule has 0 saturated heterocycles. The van der Waals surface area contributed by atoms with Gasteiger partial charge in [0.25, 0.3) is 5.56 Å². The average molecular weight is 503 g/mol. The number of aromatic nitrogens is 1. The molecule has 7 heteroatoms. The first-order chi connectivity index (χ1) is 17.4. The molecular formula is C29H30N2O4S. The molecule has 2 aromatic carbocycles. The highest BCUT2D eigenvalue weighted by molar-refractivity contribution is 7.07. The fourth-order valence-corrected chi connectivity index (χ4v) is 5.35. The van der Waals surface area contributed by atoms with Crippen molar-refractivity contribution in [1.29, 1.82) is 0 Å². The Labute approximate surface area is 214 Å². The highest BCUT2D eigenvalue weighted by Gasteiger charge is 2.33. The van der Waals surface area contributed by atoms with Crippen molar-refractivity contribution in [2.45, 2.75) is 40.2 Å². The van der Waals surface area contributed by atoms with Crippen molar-refractivity contribution in [2.75, 3.05) is 13.2 Å². The zero-order chi connectivity index (χ0) is 25.8. The topological polar surface area (TPSA) is 69.9 Å². The van der Waals surface area contributed by atoms with Crippen LogP contribution < -0.4 is 19.6 Å². The lowest BCUT2D eigenvalue weighted by Gasteiger charge is -2.24. The second-order valence-electron chi connectivity index (χ2n) is 8.51. The first kappa shape index (κ1) is 25.4. The number of aryl methyl sites for hydroxylation is 1. The molecule has 0 saturated carbocycles. The molecular weight excluding hydrogens is 472 g/mol. The number of rotatable bonds is 8. The van der Waals surface area contributed by atoms with Crippen LogP contribution in [0, 0.1) is 6.92 Å². The largest absolute Gasteiger partial charge is 0.494 e. The van der Waals surface area contributed by atoms with Gasteiger partial charge in [-0.25, -0.2) is 9.79 Å². The van der Waals surface area contributed by atoms with Gasteiger partial charge >= 0.3 is 5.97 Å². The summed E-state index contributed by atoms with van der Waals surface area (Å²) in [5, 5.41) is 0. The third-order valence-corrected chi connectivity index (χ3v) is 6.94. The molecule has 2 heterocycles. The summed E-state index contributed by atoms with van der Waals surface area (Å²) in [4.78, 5) is 31.9. The van der Waals surface area contributed by atoms with Crippen molar-refractivity contribution in [3.8, 4) is 5.75 Å². The van der Waals surface area contributed by atoms with Crippen molar-refractivity contribution < 1.29 is 14.3 Å². The van der Waals surface area contributed by atoms with Gasteiger partial charge in [-0.15, -0.1) is 6.58 Å². The average Bonchev–Trinajstić information content (AvgIpc) is 3.15. The molecule has 6 nitrogen and oxygen atoms in total. The Morgan fingerprint density at radius 1 is 1.14 bits per heavy atom. The van der Waals surface area contributed by atoms with E-state index in [1.165, 1.54) is 11.3 Å². The molecule has 1 aromatic heterocycles. The number of carbonyl (C=O) groups is 1. The van der Waals surface area contributed by atoms with Gasteiger partial charge in [0.15, 0.2) is 4.80 Å². The summed E-state index contributed by atoms with van der Waals surface area (Å²) >= 11 is 1.31. The zero-order valence-electron chi connectivity index (χ0n) is 21.0. The highest BCUT2D eigenvalue weighted by Crippen LogP contribution is 2.31. The molecule has 1 atom stereocenters. The van der Waals surface area contributed by atoms with E-state index in [0.29, 0.717) is 33.6 Å². The Kier molecular flexibility index (Phi) is 7.70. The van der Waals surface area contributed by atoms with Gasteiger partial charge in [-0.1, -0.05) is 53.3 Å². The van der Waals surface area contributed by atoms with Crippen LogP contribution in [0.25, 0.3) is 6.08 Å². The Balaban J connectivity index is 1.89. The van der Waals surface area contributed by atoms with Gasteiger partial charge in [0.1, 0.15) is 5.75 Å². The number of nitrogens with zero attached hydrogens (tertiary/aromatic N) is 2. The summed E-state index contributed by atoms with van der Waals surface area (Å²) in [6, 6.07) is 13.1. The van der Waals surface area contributed by atoms with Crippen molar-refractivity contribution in [3.05, 3.63) is 108 Å². The molecule has 3 aromatic rings. The first-order valence-corrected chi connectivity index (χ1v) is 12.8.